The highest BCUT2D eigenvalue weighted by molar-refractivity contribution is 5.17. The Labute approximate surface area is 104 Å². The number of ether oxygens (including phenoxy) is 1. The molecule has 0 amide bonds. The second-order valence-corrected chi connectivity index (χ2v) is 4.46. The lowest BCUT2D eigenvalue weighted by molar-refractivity contribution is 0.312. The average Bonchev–Trinajstić information content (AvgIpc) is 2.31. The van der Waals surface area contributed by atoms with Crippen LogP contribution >= 0.6 is 0 Å². The number of rotatable bonds is 8. The molecule has 17 heavy (non-hydrogen) atoms. The maximum absolute atomic E-state index is 5.44. The van der Waals surface area contributed by atoms with E-state index < -0.39 is 0 Å². The molecule has 0 fully saturated rings. The Morgan fingerprint density at radius 2 is 2.29 bits per heavy atom. The van der Waals surface area contributed by atoms with E-state index in [2.05, 4.69) is 30.7 Å². The first-order valence-corrected chi connectivity index (χ1v) is 6.11. The zero-order chi connectivity index (χ0) is 12.5. The lowest BCUT2D eigenvalue weighted by Crippen LogP contribution is -2.19. The summed E-state index contributed by atoms with van der Waals surface area (Å²) < 4.78 is 5.44. The number of hydrogen-bond acceptors (Lipinski definition) is 3. The van der Waals surface area contributed by atoms with Crippen molar-refractivity contribution in [1.82, 2.24) is 10.3 Å². The van der Waals surface area contributed by atoms with Crippen LogP contribution in [0.25, 0.3) is 0 Å². The smallest absolute Gasteiger partial charge is 0.213 e. The van der Waals surface area contributed by atoms with E-state index in [-0.39, 0.29) is 0 Å². The summed E-state index contributed by atoms with van der Waals surface area (Å²) in [7, 11) is 0. The second-order valence-electron chi connectivity index (χ2n) is 4.46. The third kappa shape index (κ3) is 6.07. The number of hydrogen-bond donors (Lipinski definition) is 1. The molecular formula is C14H22N2O. The van der Waals surface area contributed by atoms with E-state index in [1.54, 1.807) is 0 Å². The van der Waals surface area contributed by atoms with E-state index in [0.29, 0.717) is 18.4 Å². The van der Waals surface area contributed by atoms with Crippen LogP contribution < -0.4 is 10.1 Å². The zero-order valence-electron chi connectivity index (χ0n) is 10.8. The van der Waals surface area contributed by atoms with Gasteiger partial charge in [0.1, 0.15) is 0 Å². The van der Waals surface area contributed by atoms with Crippen LogP contribution in [0.3, 0.4) is 0 Å². The summed E-state index contributed by atoms with van der Waals surface area (Å²) in [6, 6.07) is 3.96. The van der Waals surface area contributed by atoms with Crippen LogP contribution in [0.4, 0.5) is 0 Å². The number of aromatic nitrogens is 1. The summed E-state index contributed by atoms with van der Waals surface area (Å²) in [5, 5.41) is 3.38. The molecule has 1 rings (SSSR count). The molecule has 3 heteroatoms. The normalized spacial score (nSPS) is 10.5. The quantitative estimate of drug-likeness (QED) is 0.555. The molecule has 0 aliphatic rings. The summed E-state index contributed by atoms with van der Waals surface area (Å²) in [6.45, 7) is 10.6. The van der Waals surface area contributed by atoms with Gasteiger partial charge in [0, 0.05) is 18.8 Å². The molecule has 0 saturated carbocycles. The van der Waals surface area contributed by atoms with Gasteiger partial charge < -0.3 is 10.1 Å². The van der Waals surface area contributed by atoms with Gasteiger partial charge in [-0.2, -0.15) is 0 Å². The molecule has 0 aromatic carbocycles. The highest BCUT2D eigenvalue weighted by Crippen LogP contribution is 2.07. The van der Waals surface area contributed by atoms with Crippen LogP contribution in [0, 0.1) is 5.92 Å². The van der Waals surface area contributed by atoms with Crippen molar-refractivity contribution >= 4 is 0 Å². The summed E-state index contributed by atoms with van der Waals surface area (Å²) in [5.74, 6) is 1.35. The van der Waals surface area contributed by atoms with E-state index in [9.17, 15) is 0 Å². The van der Waals surface area contributed by atoms with Gasteiger partial charge in [-0.25, -0.2) is 4.98 Å². The van der Waals surface area contributed by atoms with Gasteiger partial charge in [0.05, 0.1) is 6.61 Å². The van der Waals surface area contributed by atoms with E-state index in [0.717, 1.165) is 19.5 Å². The van der Waals surface area contributed by atoms with Gasteiger partial charge in [0.25, 0.3) is 0 Å². The molecule has 0 spiro atoms. The molecule has 1 aromatic rings. The second kappa shape index (κ2) is 7.85. The Morgan fingerprint density at radius 1 is 1.47 bits per heavy atom. The fourth-order valence-corrected chi connectivity index (χ4v) is 1.35. The topological polar surface area (TPSA) is 34.1 Å². The van der Waals surface area contributed by atoms with Crippen LogP contribution in [-0.4, -0.2) is 18.1 Å². The van der Waals surface area contributed by atoms with Gasteiger partial charge in [0.15, 0.2) is 0 Å². The number of nitrogens with one attached hydrogen (secondary N) is 1. The summed E-state index contributed by atoms with van der Waals surface area (Å²) in [5.41, 5.74) is 1.18. The average molecular weight is 234 g/mol. The number of pyridine rings is 1. The Bertz CT molecular complexity index is 319. The summed E-state index contributed by atoms with van der Waals surface area (Å²) in [4.78, 5) is 4.25. The fraction of sp³-hybridized carbons (Fsp3) is 0.500. The van der Waals surface area contributed by atoms with Crippen LogP contribution in [0.1, 0.15) is 25.8 Å². The highest BCUT2D eigenvalue weighted by Gasteiger charge is 1.97. The molecule has 0 atom stereocenters. The first kappa shape index (κ1) is 13.7. The minimum absolute atomic E-state index is 0.640. The van der Waals surface area contributed by atoms with Crippen molar-refractivity contribution < 1.29 is 4.74 Å². The van der Waals surface area contributed by atoms with Gasteiger partial charge in [-0.05, 0) is 24.4 Å². The van der Waals surface area contributed by atoms with Crippen molar-refractivity contribution in [3.8, 4) is 5.88 Å². The third-order valence-electron chi connectivity index (χ3n) is 2.25. The first-order chi connectivity index (χ1) is 8.22. The molecule has 0 bridgehead atoms. The molecule has 0 aliphatic carbocycles. The van der Waals surface area contributed by atoms with Gasteiger partial charge in [-0.1, -0.05) is 26.0 Å². The molecule has 3 nitrogen and oxygen atoms in total. The van der Waals surface area contributed by atoms with Gasteiger partial charge in [-0.3, -0.25) is 0 Å². The minimum atomic E-state index is 0.640. The molecule has 1 heterocycles. The largest absolute Gasteiger partial charge is 0.477 e. The van der Waals surface area contributed by atoms with Crippen LogP contribution in [-0.2, 0) is 6.54 Å². The Balaban J connectivity index is 2.31. The van der Waals surface area contributed by atoms with Crippen molar-refractivity contribution in [3.05, 3.63) is 36.5 Å². The van der Waals surface area contributed by atoms with Gasteiger partial charge in [0.2, 0.25) is 5.88 Å². The summed E-state index contributed by atoms with van der Waals surface area (Å²) >= 11 is 0. The highest BCUT2D eigenvalue weighted by atomic mass is 16.5. The van der Waals surface area contributed by atoms with E-state index >= 15 is 0 Å². The van der Waals surface area contributed by atoms with Crippen molar-refractivity contribution in [3.63, 3.8) is 0 Å². The standard InChI is InChI=1S/C14H22N2O/c1-4-5-8-17-14-7-6-13(11-16-14)10-15-9-12(2)3/h4,6-7,11-12,15H,1,5,8-10H2,2-3H3. The SMILES string of the molecule is C=CCCOc1ccc(CNCC(C)C)cn1. The van der Waals surface area contributed by atoms with Crippen LogP contribution in [0.2, 0.25) is 0 Å². The summed E-state index contributed by atoms with van der Waals surface area (Å²) in [6.07, 6.45) is 4.54. The molecule has 94 valence electrons. The van der Waals surface area contributed by atoms with Crippen LogP contribution in [0.15, 0.2) is 31.0 Å². The van der Waals surface area contributed by atoms with E-state index in [1.807, 2.05) is 24.4 Å². The maximum Gasteiger partial charge on any atom is 0.213 e. The van der Waals surface area contributed by atoms with Gasteiger partial charge in [-0.15, -0.1) is 6.58 Å². The molecule has 0 radical (unpaired) electrons. The van der Waals surface area contributed by atoms with Crippen LogP contribution in [0.5, 0.6) is 5.88 Å². The van der Waals surface area contributed by atoms with E-state index in [1.165, 1.54) is 5.56 Å². The predicted molar refractivity (Wildman–Crippen MR) is 71.1 cm³/mol. The van der Waals surface area contributed by atoms with Crippen molar-refractivity contribution in [1.29, 1.82) is 0 Å². The van der Waals surface area contributed by atoms with Crippen molar-refractivity contribution in [2.75, 3.05) is 13.2 Å². The first-order valence-electron chi connectivity index (χ1n) is 6.11. The molecular weight excluding hydrogens is 212 g/mol. The lowest BCUT2D eigenvalue weighted by atomic mass is 10.2. The molecule has 0 saturated heterocycles. The third-order valence-corrected chi connectivity index (χ3v) is 2.25. The van der Waals surface area contributed by atoms with E-state index in [4.69, 9.17) is 4.74 Å². The molecule has 0 aliphatic heterocycles. The van der Waals surface area contributed by atoms with Crippen molar-refractivity contribution in [2.24, 2.45) is 5.92 Å². The monoisotopic (exact) mass is 234 g/mol. The Hall–Kier alpha value is -1.35. The predicted octanol–water partition coefficient (Wildman–Crippen LogP) is 2.78. The zero-order valence-corrected chi connectivity index (χ0v) is 10.8. The minimum Gasteiger partial charge on any atom is -0.477 e. The molecule has 0 unspecified atom stereocenters. The Kier molecular flexibility index (Phi) is 6.33. The lowest BCUT2D eigenvalue weighted by Gasteiger charge is -2.08. The van der Waals surface area contributed by atoms with Crippen molar-refractivity contribution in [2.45, 2.75) is 26.8 Å². The van der Waals surface area contributed by atoms with Gasteiger partial charge >= 0.3 is 0 Å². The maximum atomic E-state index is 5.44. The molecule has 1 N–H and O–H groups in total. The fourth-order valence-electron chi connectivity index (χ4n) is 1.35. The Morgan fingerprint density at radius 3 is 2.88 bits per heavy atom. The number of nitrogens with zero attached hydrogens (tertiary/aromatic N) is 1. The molecule has 1 aromatic heterocycles.